The molecule has 0 bridgehead atoms. The minimum atomic E-state index is 0.602. The van der Waals surface area contributed by atoms with E-state index >= 15 is 0 Å². The number of nitriles is 1. The van der Waals surface area contributed by atoms with Gasteiger partial charge in [-0.15, -0.1) is 0 Å². The number of nitrogens with one attached hydrogen (secondary N) is 1. The van der Waals surface area contributed by atoms with E-state index in [0.717, 1.165) is 18.5 Å². The maximum atomic E-state index is 8.95. The molecular formula is C12H10BrN3. The van der Waals surface area contributed by atoms with Gasteiger partial charge in [-0.2, -0.15) is 5.26 Å². The van der Waals surface area contributed by atoms with Crippen molar-refractivity contribution in [2.75, 3.05) is 6.54 Å². The second kappa shape index (κ2) is 3.69. The molecule has 1 aliphatic heterocycles. The second-order valence-electron chi connectivity index (χ2n) is 4.25. The molecule has 0 saturated carbocycles. The molecule has 1 saturated heterocycles. The van der Waals surface area contributed by atoms with Gasteiger partial charge in [-0.05, 0) is 39.6 Å². The normalized spacial score (nSPS) is 26.6. The van der Waals surface area contributed by atoms with Crippen molar-refractivity contribution in [2.45, 2.75) is 12.5 Å². The van der Waals surface area contributed by atoms with Gasteiger partial charge in [0.2, 0.25) is 0 Å². The number of hydrogen-bond acceptors (Lipinski definition) is 3. The summed E-state index contributed by atoms with van der Waals surface area (Å²) in [6.07, 6.45) is 5.20. The zero-order valence-electron chi connectivity index (χ0n) is 8.57. The van der Waals surface area contributed by atoms with Crippen LogP contribution in [0.1, 0.15) is 17.5 Å². The third-order valence-electron chi connectivity index (χ3n) is 3.32. The zero-order chi connectivity index (χ0) is 11.1. The third-order valence-corrected chi connectivity index (χ3v) is 3.95. The molecule has 0 aromatic carbocycles. The Balaban J connectivity index is 1.96. The van der Waals surface area contributed by atoms with Crippen molar-refractivity contribution in [3.05, 3.63) is 34.1 Å². The Labute approximate surface area is 102 Å². The number of hydrogen-bond donors (Lipinski definition) is 1. The molecule has 0 spiro atoms. The van der Waals surface area contributed by atoms with E-state index in [9.17, 15) is 0 Å². The van der Waals surface area contributed by atoms with Gasteiger partial charge in [-0.25, -0.2) is 4.98 Å². The van der Waals surface area contributed by atoms with Crippen LogP contribution < -0.4 is 5.32 Å². The quantitative estimate of drug-likeness (QED) is 0.799. The summed E-state index contributed by atoms with van der Waals surface area (Å²) in [6.45, 7) is 1.09. The molecule has 4 heteroatoms. The van der Waals surface area contributed by atoms with Crippen molar-refractivity contribution in [3.63, 3.8) is 0 Å². The monoisotopic (exact) mass is 275 g/mol. The molecular weight excluding hydrogens is 266 g/mol. The van der Waals surface area contributed by atoms with E-state index in [1.54, 1.807) is 0 Å². The summed E-state index contributed by atoms with van der Waals surface area (Å²) in [6, 6.07) is 4.67. The highest BCUT2D eigenvalue weighted by Crippen LogP contribution is 2.36. The predicted octanol–water partition coefficient (Wildman–Crippen LogP) is 2.09. The molecule has 1 aromatic heterocycles. The van der Waals surface area contributed by atoms with E-state index in [1.807, 2.05) is 12.3 Å². The minimum Gasteiger partial charge on any atom is -0.312 e. The summed E-state index contributed by atoms with van der Waals surface area (Å²) in [5.74, 6) is 0.684. The molecule has 0 amide bonds. The van der Waals surface area contributed by atoms with Crippen LogP contribution in [-0.4, -0.2) is 17.6 Å². The highest BCUT2D eigenvalue weighted by Gasteiger charge is 2.34. The largest absolute Gasteiger partial charge is 0.312 e. The Morgan fingerprint density at radius 1 is 1.56 bits per heavy atom. The van der Waals surface area contributed by atoms with Crippen LogP contribution in [-0.2, 0) is 0 Å². The topological polar surface area (TPSA) is 48.7 Å². The zero-order valence-corrected chi connectivity index (χ0v) is 10.2. The van der Waals surface area contributed by atoms with Gasteiger partial charge < -0.3 is 5.32 Å². The van der Waals surface area contributed by atoms with E-state index in [0.29, 0.717) is 22.1 Å². The van der Waals surface area contributed by atoms with Crippen molar-refractivity contribution in [2.24, 2.45) is 5.92 Å². The Morgan fingerprint density at radius 2 is 2.44 bits per heavy atom. The maximum absolute atomic E-state index is 8.95. The molecule has 3 rings (SSSR count). The van der Waals surface area contributed by atoms with Crippen LogP contribution in [0.3, 0.4) is 0 Å². The highest BCUT2D eigenvalue weighted by molar-refractivity contribution is 9.10. The maximum Gasteiger partial charge on any atom is 0.123 e. The molecule has 2 heterocycles. The van der Waals surface area contributed by atoms with Crippen LogP contribution in [0.5, 0.6) is 0 Å². The fourth-order valence-electron chi connectivity index (χ4n) is 2.30. The standard InChI is InChI=1S/C12H10BrN3/c13-12-8(4-14)2-9(5-16-12)7-1-10-6-15-11(10)3-7/h1-2,5,10-11,15H,3,6H2/t10-,11-/m0/s1. The van der Waals surface area contributed by atoms with E-state index in [-0.39, 0.29) is 0 Å². The van der Waals surface area contributed by atoms with Crippen LogP contribution >= 0.6 is 15.9 Å². The molecule has 0 radical (unpaired) electrons. The van der Waals surface area contributed by atoms with Crippen molar-refractivity contribution in [3.8, 4) is 6.07 Å². The van der Waals surface area contributed by atoms with Crippen molar-refractivity contribution >= 4 is 21.5 Å². The van der Waals surface area contributed by atoms with Gasteiger partial charge >= 0.3 is 0 Å². The summed E-state index contributed by atoms with van der Waals surface area (Å²) < 4.78 is 0.624. The van der Waals surface area contributed by atoms with Crippen LogP contribution in [0.25, 0.3) is 5.57 Å². The van der Waals surface area contributed by atoms with E-state index in [1.165, 1.54) is 5.57 Å². The van der Waals surface area contributed by atoms with Gasteiger partial charge in [-0.3, -0.25) is 0 Å². The average molecular weight is 276 g/mol. The molecule has 2 aliphatic rings. The molecule has 1 aliphatic carbocycles. The summed E-state index contributed by atoms with van der Waals surface area (Å²) in [7, 11) is 0. The molecule has 1 N–H and O–H groups in total. The molecule has 80 valence electrons. The highest BCUT2D eigenvalue weighted by atomic mass is 79.9. The van der Waals surface area contributed by atoms with Crippen LogP contribution in [0.4, 0.5) is 0 Å². The molecule has 16 heavy (non-hydrogen) atoms. The number of pyridine rings is 1. The Hall–Kier alpha value is -1.18. The van der Waals surface area contributed by atoms with E-state index < -0.39 is 0 Å². The third kappa shape index (κ3) is 1.48. The van der Waals surface area contributed by atoms with Gasteiger partial charge in [0.25, 0.3) is 0 Å². The number of fused-ring (bicyclic) bond motifs is 1. The van der Waals surface area contributed by atoms with E-state index in [4.69, 9.17) is 5.26 Å². The molecule has 0 unspecified atom stereocenters. The Bertz CT molecular complexity index is 515. The van der Waals surface area contributed by atoms with Crippen molar-refractivity contribution in [1.82, 2.24) is 10.3 Å². The van der Waals surface area contributed by atoms with Crippen LogP contribution in [0.2, 0.25) is 0 Å². The molecule has 2 atom stereocenters. The molecule has 3 nitrogen and oxygen atoms in total. The number of aromatic nitrogens is 1. The first-order valence-corrected chi connectivity index (χ1v) is 6.07. The summed E-state index contributed by atoms with van der Waals surface area (Å²) in [5.41, 5.74) is 3.00. The molecule has 1 aromatic rings. The van der Waals surface area contributed by atoms with Gasteiger partial charge in [0.05, 0.1) is 5.56 Å². The first-order chi connectivity index (χ1) is 7.78. The lowest BCUT2D eigenvalue weighted by atomic mass is 9.95. The fraction of sp³-hybridized carbons (Fsp3) is 0.333. The number of halogens is 1. The van der Waals surface area contributed by atoms with Gasteiger partial charge in [-0.1, -0.05) is 6.08 Å². The molecule has 1 fully saturated rings. The van der Waals surface area contributed by atoms with Crippen LogP contribution in [0.15, 0.2) is 22.9 Å². The van der Waals surface area contributed by atoms with Crippen LogP contribution in [0, 0.1) is 17.2 Å². The fourth-order valence-corrected chi connectivity index (χ4v) is 2.60. The first-order valence-electron chi connectivity index (χ1n) is 5.28. The lowest BCUT2D eigenvalue weighted by molar-refractivity contribution is 0.306. The number of rotatable bonds is 1. The Kier molecular flexibility index (Phi) is 2.31. The van der Waals surface area contributed by atoms with Crippen molar-refractivity contribution < 1.29 is 0 Å². The predicted molar refractivity (Wildman–Crippen MR) is 64.5 cm³/mol. The lowest BCUT2D eigenvalue weighted by Gasteiger charge is -2.31. The van der Waals surface area contributed by atoms with Gasteiger partial charge in [0.15, 0.2) is 0 Å². The smallest absolute Gasteiger partial charge is 0.123 e. The second-order valence-corrected chi connectivity index (χ2v) is 5.00. The lowest BCUT2D eigenvalue weighted by Crippen LogP contribution is -2.49. The summed E-state index contributed by atoms with van der Waals surface area (Å²) in [5, 5.41) is 12.4. The summed E-state index contributed by atoms with van der Waals surface area (Å²) in [4.78, 5) is 4.20. The average Bonchev–Trinajstić information content (AvgIpc) is 2.56. The minimum absolute atomic E-state index is 0.602. The summed E-state index contributed by atoms with van der Waals surface area (Å²) >= 11 is 3.27. The van der Waals surface area contributed by atoms with Crippen molar-refractivity contribution in [1.29, 1.82) is 5.26 Å². The number of nitrogens with zero attached hydrogens (tertiary/aromatic N) is 2. The first kappa shape index (κ1) is 10.0. The Morgan fingerprint density at radius 3 is 3.00 bits per heavy atom. The van der Waals surface area contributed by atoms with Gasteiger partial charge in [0, 0.05) is 24.7 Å². The van der Waals surface area contributed by atoms with E-state index in [2.05, 4.69) is 38.4 Å². The SMILES string of the molecule is N#Cc1cc(C2=C[C@H]3CN[C@H]3C2)cnc1Br. The van der Waals surface area contributed by atoms with Gasteiger partial charge in [0.1, 0.15) is 10.7 Å².